The predicted molar refractivity (Wildman–Crippen MR) is 67.1 cm³/mol. The van der Waals surface area contributed by atoms with Crippen LogP contribution in [0, 0.1) is 0 Å². The van der Waals surface area contributed by atoms with Crippen LogP contribution in [0.4, 0.5) is 5.69 Å². The minimum atomic E-state index is -0.293. The molecule has 1 aliphatic rings. The summed E-state index contributed by atoms with van der Waals surface area (Å²) in [5, 5.41) is 12.8. The molecule has 0 saturated carbocycles. The first-order valence-electron chi connectivity index (χ1n) is 5.59. The van der Waals surface area contributed by atoms with Crippen LogP contribution in [0.3, 0.4) is 0 Å². The molecule has 1 fully saturated rings. The van der Waals surface area contributed by atoms with Crippen molar-refractivity contribution < 1.29 is 9.90 Å². The van der Waals surface area contributed by atoms with E-state index in [1.807, 2.05) is 4.90 Å². The van der Waals surface area contributed by atoms with Gasteiger partial charge in [0.2, 0.25) is 5.91 Å². The van der Waals surface area contributed by atoms with Gasteiger partial charge in [-0.1, -0.05) is 11.6 Å². The van der Waals surface area contributed by atoms with Gasteiger partial charge in [0.15, 0.2) is 0 Å². The van der Waals surface area contributed by atoms with Crippen LogP contribution in [0.1, 0.15) is 6.42 Å². The molecule has 1 aromatic carbocycles. The molecule has 0 radical (unpaired) electrons. The second-order valence-electron chi connectivity index (χ2n) is 4.23. The number of likely N-dealkylation sites (tertiary alicyclic amines) is 1. The standard InChI is InChI=1S/C12H15ClN2O2/c13-9-1-3-10(4-2-9)14-12(17)8-15-6-5-11(16)7-15/h1-4,11,16H,5-8H2,(H,14,17). The summed E-state index contributed by atoms with van der Waals surface area (Å²) in [5.74, 6) is -0.0681. The number of rotatable bonds is 3. The lowest BCUT2D eigenvalue weighted by molar-refractivity contribution is -0.117. The number of halogens is 1. The lowest BCUT2D eigenvalue weighted by atomic mass is 10.3. The number of anilines is 1. The molecule has 1 atom stereocenters. The van der Waals surface area contributed by atoms with Gasteiger partial charge in [-0.25, -0.2) is 0 Å². The Morgan fingerprint density at radius 2 is 2.18 bits per heavy atom. The third-order valence-electron chi connectivity index (χ3n) is 2.74. The number of benzene rings is 1. The van der Waals surface area contributed by atoms with Crippen LogP contribution in [-0.2, 0) is 4.79 Å². The molecule has 17 heavy (non-hydrogen) atoms. The van der Waals surface area contributed by atoms with E-state index in [0.717, 1.165) is 18.7 Å². The van der Waals surface area contributed by atoms with E-state index >= 15 is 0 Å². The highest BCUT2D eigenvalue weighted by atomic mass is 35.5. The normalized spacial score (nSPS) is 20.5. The molecule has 0 aliphatic carbocycles. The number of nitrogens with zero attached hydrogens (tertiary/aromatic N) is 1. The highest BCUT2D eigenvalue weighted by Gasteiger charge is 2.21. The van der Waals surface area contributed by atoms with Gasteiger partial charge in [0.1, 0.15) is 0 Å². The fraction of sp³-hybridized carbons (Fsp3) is 0.417. The van der Waals surface area contributed by atoms with E-state index < -0.39 is 0 Å². The largest absolute Gasteiger partial charge is 0.392 e. The van der Waals surface area contributed by atoms with Gasteiger partial charge in [0.25, 0.3) is 0 Å². The van der Waals surface area contributed by atoms with Gasteiger partial charge >= 0.3 is 0 Å². The van der Waals surface area contributed by atoms with Crippen molar-refractivity contribution in [3.63, 3.8) is 0 Å². The summed E-state index contributed by atoms with van der Waals surface area (Å²) in [6.07, 6.45) is 0.451. The van der Waals surface area contributed by atoms with E-state index in [4.69, 9.17) is 11.6 Å². The number of aliphatic hydroxyl groups is 1. The van der Waals surface area contributed by atoms with Crippen LogP contribution in [0.25, 0.3) is 0 Å². The van der Waals surface area contributed by atoms with Crippen molar-refractivity contribution in [1.82, 2.24) is 4.90 Å². The summed E-state index contributed by atoms with van der Waals surface area (Å²) < 4.78 is 0. The molecule has 1 aromatic rings. The van der Waals surface area contributed by atoms with E-state index in [1.54, 1.807) is 24.3 Å². The van der Waals surface area contributed by atoms with Crippen LogP contribution in [0.2, 0.25) is 5.02 Å². The first-order chi connectivity index (χ1) is 8.13. The van der Waals surface area contributed by atoms with E-state index in [2.05, 4.69) is 5.32 Å². The molecule has 0 bridgehead atoms. The molecule has 92 valence electrons. The van der Waals surface area contributed by atoms with Crippen molar-refractivity contribution >= 4 is 23.2 Å². The number of β-amino-alcohol motifs (C(OH)–C–C–N with tert-alkyl or cyclic N) is 1. The molecule has 1 unspecified atom stereocenters. The van der Waals surface area contributed by atoms with Crippen LogP contribution in [0.15, 0.2) is 24.3 Å². The predicted octanol–water partition coefficient (Wildman–Crippen LogP) is 1.35. The van der Waals surface area contributed by atoms with Crippen molar-refractivity contribution in [2.45, 2.75) is 12.5 Å². The van der Waals surface area contributed by atoms with Crippen LogP contribution < -0.4 is 5.32 Å². The Kier molecular flexibility index (Phi) is 3.99. The number of aliphatic hydroxyl groups excluding tert-OH is 1. The fourth-order valence-corrected chi connectivity index (χ4v) is 2.02. The Morgan fingerprint density at radius 3 is 2.76 bits per heavy atom. The average molecular weight is 255 g/mol. The summed E-state index contributed by atoms with van der Waals surface area (Å²) >= 11 is 5.75. The second kappa shape index (κ2) is 5.49. The van der Waals surface area contributed by atoms with Gasteiger partial charge in [-0.3, -0.25) is 9.69 Å². The van der Waals surface area contributed by atoms with Crippen LogP contribution in [-0.4, -0.2) is 41.7 Å². The molecular weight excluding hydrogens is 240 g/mol. The van der Waals surface area contributed by atoms with Gasteiger partial charge in [0, 0.05) is 23.8 Å². The molecule has 1 aliphatic heterocycles. The van der Waals surface area contributed by atoms with E-state index in [0.29, 0.717) is 18.1 Å². The highest BCUT2D eigenvalue weighted by molar-refractivity contribution is 6.30. The number of hydrogen-bond acceptors (Lipinski definition) is 3. The Hall–Kier alpha value is -1.10. The fourth-order valence-electron chi connectivity index (χ4n) is 1.89. The Labute approximate surface area is 105 Å². The van der Waals surface area contributed by atoms with Crippen molar-refractivity contribution in [3.8, 4) is 0 Å². The van der Waals surface area contributed by atoms with Crippen molar-refractivity contribution in [2.75, 3.05) is 25.0 Å². The monoisotopic (exact) mass is 254 g/mol. The van der Waals surface area contributed by atoms with Crippen LogP contribution >= 0.6 is 11.6 Å². The third-order valence-corrected chi connectivity index (χ3v) is 2.99. The lowest BCUT2D eigenvalue weighted by Gasteiger charge is -2.14. The quantitative estimate of drug-likeness (QED) is 0.856. The maximum absolute atomic E-state index is 11.7. The van der Waals surface area contributed by atoms with Gasteiger partial charge < -0.3 is 10.4 Å². The molecule has 0 aromatic heterocycles. The summed E-state index contributed by atoms with van der Waals surface area (Å²) in [5.41, 5.74) is 0.735. The number of hydrogen-bond donors (Lipinski definition) is 2. The molecule has 5 heteroatoms. The zero-order valence-electron chi connectivity index (χ0n) is 9.40. The maximum atomic E-state index is 11.7. The zero-order chi connectivity index (χ0) is 12.3. The third kappa shape index (κ3) is 3.70. The average Bonchev–Trinajstić information content (AvgIpc) is 2.67. The van der Waals surface area contributed by atoms with E-state index in [-0.39, 0.29) is 12.0 Å². The molecule has 2 N–H and O–H groups in total. The second-order valence-corrected chi connectivity index (χ2v) is 4.67. The van der Waals surface area contributed by atoms with E-state index in [1.165, 1.54) is 0 Å². The summed E-state index contributed by atoms with van der Waals surface area (Å²) in [7, 11) is 0. The zero-order valence-corrected chi connectivity index (χ0v) is 10.2. The highest BCUT2D eigenvalue weighted by Crippen LogP contribution is 2.14. The van der Waals surface area contributed by atoms with Gasteiger partial charge in [-0.15, -0.1) is 0 Å². The Morgan fingerprint density at radius 1 is 1.47 bits per heavy atom. The molecule has 4 nitrogen and oxygen atoms in total. The molecule has 1 heterocycles. The number of carbonyl (C=O) groups is 1. The number of nitrogens with one attached hydrogen (secondary N) is 1. The Balaban J connectivity index is 1.83. The van der Waals surface area contributed by atoms with Gasteiger partial charge in [0.05, 0.1) is 12.6 Å². The maximum Gasteiger partial charge on any atom is 0.238 e. The topological polar surface area (TPSA) is 52.6 Å². The SMILES string of the molecule is O=C(CN1CCC(O)C1)Nc1ccc(Cl)cc1. The smallest absolute Gasteiger partial charge is 0.238 e. The number of amides is 1. The minimum Gasteiger partial charge on any atom is -0.392 e. The van der Waals surface area contributed by atoms with Crippen molar-refractivity contribution in [3.05, 3.63) is 29.3 Å². The molecule has 2 rings (SSSR count). The van der Waals surface area contributed by atoms with E-state index in [9.17, 15) is 9.90 Å². The minimum absolute atomic E-state index is 0.0681. The molecule has 0 spiro atoms. The number of carbonyl (C=O) groups excluding carboxylic acids is 1. The molecule has 1 amide bonds. The van der Waals surface area contributed by atoms with Crippen LogP contribution in [0.5, 0.6) is 0 Å². The molecule has 1 saturated heterocycles. The van der Waals surface area contributed by atoms with Gasteiger partial charge in [-0.2, -0.15) is 0 Å². The molecular formula is C12H15ClN2O2. The van der Waals surface area contributed by atoms with Crippen molar-refractivity contribution in [2.24, 2.45) is 0 Å². The Bertz CT molecular complexity index is 394. The first-order valence-corrected chi connectivity index (χ1v) is 5.97. The summed E-state index contributed by atoms with van der Waals surface area (Å²) in [6.45, 7) is 1.67. The van der Waals surface area contributed by atoms with Gasteiger partial charge in [-0.05, 0) is 30.7 Å². The summed E-state index contributed by atoms with van der Waals surface area (Å²) in [4.78, 5) is 13.6. The van der Waals surface area contributed by atoms with Crippen molar-refractivity contribution in [1.29, 1.82) is 0 Å². The first kappa shape index (κ1) is 12.4. The summed E-state index contributed by atoms with van der Waals surface area (Å²) in [6, 6.07) is 6.99. The lowest BCUT2D eigenvalue weighted by Crippen LogP contribution is -2.32.